The molecule has 0 radical (unpaired) electrons. The number of sulfonamides is 1. The molecule has 1 aliphatic rings. The maximum atomic E-state index is 13.3. The predicted molar refractivity (Wildman–Crippen MR) is 122 cm³/mol. The van der Waals surface area contributed by atoms with Crippen LogP contribution in [0.5, 0.6) is 5.75 Å². The smallest absolute Gasteiger partial charge is 0.243 e. The summed E-state index contributed by atoms with van der Waals surface area (Å²) in [6.45, 7) is 3.11. The highest BCUT2D eigenvalue weighted by Gasteiger charge is 2.38. The fraction of sp³-hybridized carbons (Fsp3) is 0.304. The molecule has 1 saturated heterocycles. The molecule has 0 amide bonds. The van der Waals surface area contributed by atoms with E-state index < -0.39 is 10.0 Å². The Morgan fingerprint density at radius 1 is 1.16 bits per heavy atom. The third kappa shape index (κ3) is 3.67. The highest BCUT2D eigenvalue weighted by molar-refractivity contribution is 7.89. The van der Waals surface area contributed by atoms with Crippen LogP contribution < -0.4 is 4.74 Å². The Bertz CT molecular complexity index is 1350. The lowest BCUT2D eigenvalue weighted by Gasteiger charge is -2.21. The first-order valence-corrected chi connectivity index (χ1v) is 12.0. The van der Waals surface area contributed by atoms with Crippen molar-refractivity contribution in [2.45, 2.75) is 30.8 Å². The van der Waals surface area contributed by atoms with Crippen molar-refractivity contribution >= 4 is 20.9 Å². The van der Waals surface area contributed by atoms with E-state index in [1.54, 1.807) is 34.8 Å². The van der Waals surface area contributed by atoms with Gasteiger partial charge >= 0.3 is 0 Å². The third-order valence-corrected chi connectivity index (χ3v) is 8.13. The van der Waals surface area contributed by atoms with Crippen molar-refractivity contribution in [1.82, 2.24) is 24.3 Å². The standard InChI is InChI=1S/C23H25N5O3S/c1-16-8-17(15-28(16)32(29,30)22-5-3-4-21(10-22)31-2)14-27-23-7-6-18(9-19(23)13-26-27)20-11-24-25-12-20/h3-7,9-13,16-17H,8,14-15H2,1-2H3,(H,24,25)/t16-,17+/m1/s1. The molecule has 2 aromatic carbocycles. The molecule has 0 bridgehead atoms. The lowest BCUT2D eigenvalue weighted by molar-refractivity contribution is 0.394. The molecule has 2 atom stereocenters. The lowest BCUT2D eigenvalue weighted by atomic mass is 10.1. The molecule has 32 heavy (non-hydrogen) atoms. The molecule has 0 spiro atoms. The van der Waals surface area contributed by atoms with E-state index >= 15 is 0 Å². The van der Waals surface area contributed by atoms with E-state index in [4.69, 9.17) is 4.74 Å². The Morgan fingerprint density at radius 2 is 2.03 bits per heavy atom. The molecular formula is C23H25N5O3S. The number of rotatable bonds is 6. The summed E-state index contributed by atoms with van der Waals surface area (Å²) in [5, 5.41) is 12.5. The van der Waals surface area contributed by atoms with Gasteiger partial charge in [-0.2, -0.15) is 14.5 Å². The van der Waals surface area contributed by atoms with Gasteiger partial charge < -0.3 is 4.74 Å². The first kappa shape index (κ1) is 20.7. The number of methoxy groups -OCH3 is 1. The SMILES string of the molecule is COc1cccc(S(=O)(=O)N2C[C@H](Cn3ncc4cc(-c5cn[nH]c5)ccc43)C[C@H]2C)c1. The van der Waals surface area contributed by atoms with Crippen LogP contribution in [0.3, 0.4) is 0 Å². The summed E-state index contributed by atoms with van der Waals surface area (Å²) < 4.78 is 35.3. The number of H-pyrrole nitrogens is 1. The average molecular weight is 452 g/mol. The highest BCUT2D eigenvalue weighted by atomic mass is 32.2. The zero-order valence-corrected chi connectivity index (χ0v) is 18.8. The van der Waals surface area contributed by atoms with E-state index in [1.807, 2.05) is 24.0 Å². The molecule has 1 N–H and O–H groups in total. The number of nitrogens with zero attached hydrogens (tertiary/aromatic N) is 4. The Labute approximate surface area is 186 Å². The van der Waals surface area contributed by atoms with Crippen molar-refractivity contribution in [3.05, 3.63) is 61.1 Å². The van der Waals surface area contributed by atoms with Gasteiger partial charge in [-0.25, -0.2) is 8.42 Å². The highest BCUT2D eigenvalue weighted by Crippen LogP contribution is 2.32. The second kappa shape index (κ2) is 8.07. The molecule has 3 heterocycles. The first-order chi connectivity index (χ1) is 15.5. The van der Waals surface area contributed by atoms with E-state index in [1.165, 1.54) is 7.11 Å². The zero-order valence-electron chi connectivity index (χ0n) is 18.0. The van der Waals surface area contributed by atoms with Gasteiger partial charge in [-0.1, -0.05) is 12.1 Å². The Balaban J connectivity index is 1.35. The van der Waals surface area contributed by atoms with Crippen molar-refractivity contribution in [3.8, 4) is 16.9 Å². The molecule has 0 aliphatic carbocycles. The van der Waals surface area contributed by atoms with Crippen LogP contribution in [0.4, 0.5) is 0 Å². The zero-order chi connectivity index (χ0) is 22.3. The molecule has 1 fully saturated rings. The van der Waals surface area contributed by atoms with Crippen molar-refractivity contribution in [2.75, 3.05) is 13.7 Å². The maximum absolute atomic E-state index is 13.3. The van der Waals surface area contributed by atoms with Crippen LogP contribution in [-0.2, 0) is 16.6 Å². The Hall–Kier alpha value is -3.17. The molecule has 1 aliphatic heterocycles. The van der Waals surface area contributed by atoms with Gasteiger partial charge in [0.05, 0.1) is 29.9 Å². The van der Waals surface area contributed by atoms with Gasteiger partial charge in [0.2, 0.25) is 10.0 Å². The van der Waals surface area contributed by atoms with E-state index in [-0.39, 0.29) is 16.9 Å². The minimum atomic E-state index is -3.59. The van der Waals surface area contributed by atoms with E-state index in [0.29, 0.717) is 18.8 Å². The maximum Gasteiger partial charge on any atom is 0.243 e. The summed E-state index contributed by atoms with van der Waals surface area (Å²) >= 11 is 0. The predicted octanol–water partition coefficient (Wildman–Crippen LogP) is 3.53. The molecule has 0 unspecified atom stereocenters. The van der Waals surface area contributed by atoms with Crippen LogP contribution in [0.15, 0.2) is 66.0 Å². The number of aromatic amines is 1. The molecule has 0 saturated carbocycles. The monoisotopic (exact) mass is 451 g/mol. The van der Waals surface area contributed by atoms with Gasteiger partial charge in [-0.05, 0) is 49.1 Å². The number of nitrogens with one attached hydrogen (secondary N) is 1. The van der Waals surface area contributed by atoms with Gasteiger partial charge in [0.15, 0.2) is 0 Å². The minimum absolute atomic E-state index is 0.0780. The number of aromatic nitrogens is 4. The van der Waals surface area contributed by atoms with E-state index in [2.05, 4.69) is 33.5 Å². The van der Waals surface area contributed by atoms with Gasteiger partial charge in [0.25, 0.3) is 0 Å². The van der Waals surface area contributed by atoms with E-state index in [0.717, 1.165) is 28.5 Å². The summed E-state index contributed by atoms with van der Waals surface area (Å²) in [6, 6.07) is 12.8. The van der Waals surface area contributed by atoms with Gasteiger partial charge in [0, 0.05) is 42.3 Å². The number of hydrogen-bond acceptors (Lipinski definition) is 5. The fourth-order valence-corrected chi connectivity index (χ4v) is 6.29. The van der Waals surface area contributed by atoms with Crippen LogP contribution in [0.25, 0.3) is 22.0 Å². The van der Waals surface area contributed by atoms with Gasteiger partial charge in [0.1, 0.15) is 5.75 Å². The number of benzene rings is 2. The summed E-state index contributed by atoms with van der Waals surface area (Å²) in [5.74, 6) is 0.717. The van der Waals surface area contributed by atoms with Crippen LogP contribution in [0, 0.1) is 5.92 Å². The van der Waals surface area contributed by atoms with E-state index in [9.17, 15) is 8.42 Å². The fourth-order valence-electron chi connectivity index (χ4n) is 4.54. The molecule has 9 heteroatoms. The topological polar surface area (TPSA) is 93.1 Å². The van der Waals surface area contributed by atoms with Crippen LogP contribution >= 0.6 is 0 Å². The number of fused-ring (bicyclic) bond motifs is 1. The van der Waals surface area contributed by atoms with Crippen molar-refractivity contribution in [2.24, 2.45) is 5.92 Å². The molecule has 8 nitrogen and oxygen atoms in total. The normalized spacial score (nSPS) is 19.6. The second-order valence-corrected chi connectivity index (χ2v) is 10.2. The molecule has 5 rings (SSSR count). The first-order valence-electron chi connectivity index (χ1n) is 10.6. The summed E-state index contributed by atoms with van der Waals surface area (Å²) in [4.78, 5) is 0.265. The second-order valence-electron chi connectivity index (χ2n) is 8.29. The molecule has 4 aromatic rings. The Morgan fingerprint density at radius 3 is 2.81 bits per heavy atom. The van der Waals surface area contributed by atoms with Gasteiger partial charge in [-0.15, -0.1) is 0 Å². The Kier molecular flexibility index (Phi) is 5.22. The van der Waals surface area contributed by atoms with Gasteiger partial charge in [-0.3, -0.25) is 9.78 Å². The largest absolute Gasteiger partial charge is 0.497 e. The summed E-state index contributed by atoms with van der Waals surface area (Å²) in [7, 11) is -2.06. The third-order valence-electron chi connectivity index (χ3n) is 6.16. The van der Waals surface area contributed by atoms with Crippen LogP contribution in [0.2, 0.25) is 0 Å². The molecule has 166 valence electrons. The quantitative estimate of drug-likeness (QED) is 0.484. The average Bonchev–Trinajstić information content (AvgIpc) is 3.54. The van der Waals surface area contributed by atoms with Crippen LogP contribution in [-0.4, -0.2) is 52.4 Å². The number of hydrogen-bond donors (Lipinski definition) is 1. The van der Waals surface area contributed by atoms with Crippen molar-refractivity contribution < 1.29 is 13.2 Å². The van der Waals surface area contributed by atoms with Crippen LogP contribution in [0.1, 0.15) is 13.3 Å². The molecule has 2 aromatic heterocycles. The number of ether oxygens (including phenoxy) is 1. The van der Waals surface area contributed by atoms with Crippen molar-refractivity contribution in [3.63, 3.8) is 0 Å². The summed E-state index contributed by atoms with van der Waals surface area (Å²) in [6.07, 6.45) is 6.31. The summed E-state index contributed by atoms with van der Waals surface area (Å²) in [5.41, 5.74) is 3.15. The minimum Gasteiger partial charge on any atom is -0.497 e. The lowest BCUT2D eigenvalue weighted by Crippen LogP contribution is -2.34. The molecular weight excluding hydrogens is 426 g/mol. The van der Waals surface area contributed by atoms with Crippen molar-refractivity contribution in [1.29, 1.82) is 0 Å².